The van der Waals surface area contributed by atoms with E-state index >= 15 is 0 Å². The maximum atomic E-state index is 4.45. The molecule has 1 fully saturated rings. The lowest BCUT2D eigenvalue weighted by molar-refractivity contribution is 0.140. The minimum Gasteiger partial charge on any atom is -0.356 e. The molecule has 1 N–H and O–H groups in total. The lowest BCUT2D eigenvalue weighted by Crippen LogP contribution is -2.46. The average Bonchev–Trinajstić information content (AvgIpc) is 2.93. The number of nitrogens with zero attached hydrogens (tertiary/aromatic N) is 4. The second-order valence-corrected chi connectivity index (χ2v) is 6.99. The third-order valence-corrected chi connectivity index (χ3v) is 4.85. The van der Waals surface area contributed by atoms with Crippen molar-refractivity contribution in [1.82, 2.24) is 19.7 Å². The number of likely N-dealkylation sites (tertiary alicyclic amines) is 1. The number of hydrogen-bond acceptors (Lipinski definition) is 2. The minimum atomic E-state index is 0.650. The van der Waals surface area contributed by atoms with Crippen LogP contribution in [0.25, 0.3) is 0 Å². The Morgan fingerprint density at radius 3 is 2.87 bits per heavy atom. The van der Waals surface area contributed by atoms with Crippen molar-refractivity contribution in [2.75, 3.05) is 33.7 Å². The van der Waals surface area contributed by atoms with Gasteiger partial charge in [-0.25, -0.2) is 0 Å². The van der Waals surface area contributed by atoms with Crippen LogP contribution in [0.3, 0.4) is 0 Å². The fourth-order valence-electron chi connectivity index (χ4n) is 3.33. The second-order valence-electron chi connectivity index (χ2n) is 6.99. The normalized spacial score (nSPS) is 20.1. The van der Waals surface area contributed by atoms with Crippen LogP contribution in [0.4, 0.5) is 0 Å². The van der Waals surface area contributed by atoms with E-state index in [9.17, 15) is 0 Å². The molecule has 2 rings (SSSR count). The van der Waals surface area contributed by atoms with Crippen molar-refractivity contribution >= 4 is 5.96 Å². The van der Waals surface area contributed by atoms with Crippen molar-refractivity contribution in [1.29, 1.82) is 0 Å². The molecular weight excluding hydrogens is 286 g/mol. The fourth-order valence-corrected chi connectivity index (χ4v) is 3.33. The van der Waals surface area contributed by atoms with Crippen LogP contribution in [-0.4, -0.2) is 60.1 Å². The molecule has 5 heteroatoms. The number of rotatable bonds is 5. The first-order valence-corrected chi connectivity index (χ1v) is 8.77. The maximum absolute atomic E-state index is 4.45. The van der Waals surface area contributed by atoms with E-state index in [1.54, 1.807) is 0 Å². The molecule has 0 amide bonds. The van der Waals surface area contributed by atoms with E-state index in [0.717, 1.165) is 19.0 Å². The highest BCUT2D eigenvalue weighted by molar-refractivity contribution is 5.79. The lowest BCUT2D eigenvalue weighted by Gasteiger charge is -2.36. The molecule has 0 spiro atoms. The van der Waals surface area contributed by atoms with Crippen LogP contribution in [-0.2, 0) is 13.6 Å². The standard InChI is InChI=1S/C18H33N5/c1-15(2)23-11-6-8-16(13-23)12-20-18(19-3)22(5)14-17-9-7-10-21(17)4/h7,9-10,15-16H,6,8,11-14H2,1-5H3,(H,19,20). The topological polar surface area (TPSA) is 35.8 Å². The van der Waals surface area contributed by atoms with Crippen LogP contribution in [0.1, 0.15) is 32.4 Å². The Hall–Kier alpha value is -1.49. The van der Waals surface area contributed by atoms with E-state index in [-0.39, 0.29) is 0 Å². The Balaban J connectivity index is 1.84. The highest BCUT2D eigenvalue weighted by atomic mass is 15.3. The summed E-state index contributed by atoms with van der Waals surface area (Å²) in [5.74, 6) is 1.69. The second kappa shape index (κ2) is 8.39. The van der Waals surface area contributed by atoms with Gasteiger partial charge in [0.05, 0.1) is 6.54 Å². The van der Waals surface area contributed by atoms with Gasteiger partial charge in [-0.2, -0.15) is 0 Å². The molecule has 1 aliphatic heterocycles. The van der Waals surface area contributed by atoms with Gasteiger partial charge in [-0.15, -0.1) is 0 Å². The van der Waals surface area contributed by atoms with Crippen LogP contribution >= 0.6 is 0 Å². The third kappa shape index (κ3) is 4.99. The third-order valence-electron chi connectivity index (χ3n) is 4.85. The van der Waals surface area contributed by atoms with E-state index in [2.05, 4.69) is 70.9 Å². The molecule has 130 valence electrons. The molecular formula is C18H33N5. The zero-order valence-corrected chi connectivity index (χ0v) is 15.4. The first kappa shape index (κ1) is 17.9. The molecule has 5 nitrogen and oxygen atoms in total. The zero-order chi connectivity index (χ0) is 16.8. The predicted octanol–water partition coefficient (Wildman–Crippen LogP) is 2.15. The number of nitrogens with one attached hydrogen (secondary N) is 1. The summed E-state index contributed by atoms with van der Waals surface area (Å²) in [6.45, 7) is 8.91. The number of aliphatic imine (C=N–C) groups is 1. The number of aryl methyl sites for hydroxylation is 1. The Morgan fingerprint density at radius 1 is 1.48 bits per heavy atom. The molecule has 0 radical (unpaired) electrons. The first-order valence-electron chi connectivity index (χ1n) is 8.77. The molecule has 2 heterocycles. The van der Waals surface area contributed by atoms with Gasteiger partial charge in [0.25, 0.3) is 0 Å². The molecule has 0 saturated carbocycles. The Bertz CT molecular complexity index is 505. The van der Waals surface area contributed by atoms with Gasteiger partial charge >= 0.3 is 0 Å². The minimum absolute atomic E-state index is 0.650. The van der Waals surface area contributed by atoms with Gasteiger partial charge in [0, 0.05) is 52.2 Å². The maximum Gasteiger partial charge on any atom is 0.193 e. The molecule has 23 heavy (non-hydrogen) atoms. The Morgan fingerprint density at radius 2 is 2.26 bits per heavy atom. The SMILES string of the molecule is CN=C(NCC1CCCN(C(C)C)C1)N(C)Cc1cccn1C. The number of hydrogen-bond donors (Lipinski definition) is 1. The van der Waals surface area contributed by atoms with E-state index in [1.165, 1.54) is 31.6 Å². The first-order chi connectivity index (χ1) is 11.0. The molecule has 1 saturated heterocycles. The molecule has 1 aromatic rings. The van der Waals surface area contributed by atoms with Gasteiger partial charge < -0.3 is 19.7 Å². The van der Waals surface area contributed by atoms with Crippen LogP contribution in [0.2, 0.25) is 0 Å². The van der Waals surface area contributed by atoms with Crippen LogP contribution < -0.4 is 5.32 Å². The summed E-state index contributed by atoms with van der Waals surface area (Å²) in [5, 5.41) is 3.57. The summed E-state index contributed by atoms with van der Waals surface area (Å²) >= 11 is 0. The van der Waals surface area contributed by atoms with Crippen LogP contribution in [0.15, 0.2) is 23.3 Å². The monoisotopic (exact) mass is 319 g/mol. The fraction of sp³-hybridized carbons (Fsp3) is 0.722. The number of piperidine rings is 1. The largest absolute Gasteiger partial charge is 0.356 e. The summed E-state index contributed by atoms with van der Waals surface area (Å²) in [4.78, 5) is 9.23. The summed E-state index contributed by atoms with van der Waals surface area (Å²) in [6.07, 6.45) is 4.71. The predicted molar refractivity (Wildman–Crippen MR) is 97.7 cm³/mol. The van der Waals surface area contributed by atoms with Gasteiger partial charge in [-0.1, -0.05) is 0 Å². The molecule has 0 aromatic carbocycles. The van der Waals surface area contributed by atoms with Gasteiger partial charge in [0.15, 0.2) is 5.96 Å². The quantitative estimate of drug-likeness (QED) is 0.667. The van der Waals surface area contributed by atoms with Gasteiger partial charge in [-0.3, -0.25) is 4.99 Å². The average molecular weight is 319 g/mol. The Kier molecular flexibility index (Phi) is 6.51. The lowest BCUT2D eigenvalue weighted by atomic mass is 9.97. The van der Waals surface area contributed by atoms with Gasteiger partial charge in [0.2, 0.25) is 0 Å². The van der Waals surface area contributed by atoms with Crippen molar-refractivity contribution in [2.24, 2.45) is 18.0 Å². The summed E-state index contributed by atoms with van der Waals surface area (Å²) < 4.78 is 2.16. The van der Waals surface area contributed by atoms with Crippen molar-refractivity contribution in [3.05, 3.63) is 24.0 Å². The van der Waals surface area contributed by atoms with Crippen LogP contribution in [0, 0.1) is 5.92 Å². The van der Waals surface area contributed by atoms with Crippen molar-refractivity contribution in [3.63, 3.8) is 0 Å². The van der Waals surface area contributed by atoms with Crippen LogP contribution in [0.5, 0.6) is 0 Å². The van der Waals surface area contributed by atoms with Crippen molar-refractivity contribution in [3.8, 4) is 0 Å². The van der Waals surface area contributed by atoms with Gasteiger partial charge in [0.1, 0.15) is 0 Å². The van der Waals surface area contributed by atoms with E-state index in [0.29, 0.717) is 12.0 Å². The summed E-state index contributed by atoms with van der Waals surface area (Å²) in [7, 11) is 6.05. The van der Waals surface area contributed by atoms with Crippen molar-refractivity contribution in [2.45, 2.75) is 39.3 Å². The van der Waals surface area contributed by atoms with Gasteiger partial charge in [-0.05, 0) is 51.3 Å². The highest BCUT2D eigenvalue weighted by Crippen LogP contribution is 2.17. The van der Waals surface area contributed by atoms with E-state index in [1.807, 2.05) is 7.05 Å². The van der Waals surface area contributed by atoms with Crippen molar-refractivity contribution < 1.29 is 0 Å². The molecule has 0 bridgehead atoms. The molecule has 1 unspecified atom stereocenters. The Labute approximate surface area is 141 Å². The van der Waals surface area contributed by atoms with E-state index in [4.69, 9.17) is 0 Å². The smallest absolute Gasteiger partial charge is 0.193 e. The zero-order valence-electron chi connectivity index (χ0n) is 15.4. The summed E-state index contributed by atoms with van der Waals surface area (Å²) in [6, 6.07) is 4.89. The highest BCUT2D eigenvalue weighted by Gasteiger charge is 2.22. The van der Waals surface area contributed by atoms with E-state index < -0.39 is 0 Å². The molecule has 1 aliphatic rings. The molecule has 0 aliphatic carbocycles. The molecule has 1 atom stereocenters. The summed E-state index contributed by atoms with van der Waals surface area (Å²) in [5.41, 5.74) is 1.29. The number of guanidine groups is 1. The number of aromatic nitrogens is 1. The molecule has 1 aromatic heterocycles.